The van der Waals surface area contributed by atoms with Gasteiger partial charge in [0.05, 0.1) is 13.2 Å². The van der Waals surface area contributed by atoms with E-state index in [4.69, 9.17) is 24.0 Å². The number of ether oxygens (including phenoxy) is 3. The molecule has 2 atom stereocenters. The molecule has 4 aromatic carbocycles. The molecule has 0 aromatic heterocycles. The summed E-state index contributed by atoms with van der Waals surface area (Å²) in [5, 5.41) is 15.9. The molecule has 3 aliphatic heterocycles. The van der Waals surface area contributed by atoms with E-state index in [9.17, 15) is 5.11 Å². The number of hydrogen-bond acceptors (Lipinski definition) is 6. The van der Waals surface area contributed by atoms with Crippen molar-refractivity contribution in [2.24, 2.45) is 10.8 Å². The Morgan fingerprint density at radius 3 is 2.12 bits per heavy atom. The van der Waals surface area contributed by atoms with E-state index < -0.39 is 17.2 Å². The summed E-state index contributed by atoms with van der Waals surface area (Å²) in [6.07, 6.45) is 0. The Morgan fingerprint density at radius 2 is 1.45 bits per heavy atom. The smallest absolute Gasteiger partial charge is 0.262 e. The molecule has 0 aliphatic carbocycles. The third kappa shape index (κ3) is 3.13. The van der Waals surface area contributed by atoms with E-state index >= 15 is 0 Å². The average Bonchev–Trinajstić information content (AvgIpc) is 3.03. The molecular formula is C34H36O6. The van der Waals surface area contributed by atoms with Crippen LogP contribution in [0.3, 0.4) is 0 Å². The summed E-state index contributed by atoms with van der Waals surface area (Å²) in [6.45, 7) is 15.5. The topological polar surface area (TPSA) is 66.4 Å². The number of rotatable bonds is 2. The highest BCUT2D eigenvalue weighted by molar-refractivity contribution is 6.11. The van der Waals surface area contributed by atoms with Crippen molar-refractivity contribution in [3.8, 4) is 22.6 Å². The first-order chi connectivity index (χ1) is 18.8. The Bertz CT molecular complexity index is 1700. The highest BCUT2D eigenvalue weighted by Gasteiger charge is 2.81. The number of fused-ring (bicyclic) bond motifs is 4. The van der Waals surface area contributed by atoms with Gasteiger partial charge >= 0.3 is 0 Å². The molecule has 7 rings (SSSR count). The molecule has 0 spiro atoms. The molecule has 0 saturated carbocycles. The highest BCUT2D eigenvalue weighted by atomic mass is 17.3. The monoisotopic (exact) mass is 540 g/mol. The fourth-order valence-corrected chi connectivity index (χ4v) is 7.50. The van der Waals surface area contributed by atoms with Crippen LogP contribution < -0.4 is 4.74 Å². The maximum absolute atomic E-state index is 12.0. The fraction of sp³-hybridized carbons (Fsp3) is 0.412. The molecule has 208 valence electrons. The molecule has 4 aromatic rings. The molecule has 2 saturated heterocycles. The molecule has 6 heteroatoms. The molecule has 2 unspecified atom stereocenters. The Labute approximate surface area is 234 Å². The van der Waals surface area contributed by atoms with Crippen LogP contribution in [0.1, 0.15) is 59.6 Å². The predicted octanol–water partition coefficient (Wildman–Crippen LogP) is 7.97. The lowest BCUT2D eigenvalue weighted by molar-refractivity contribution is -0.626. The van der Waals surface area contributed by atoms with Gasteiger partial charge in [0.25, 0.3) is 5.79 Å². The summed E-state index contributed by atoms with van der Waals surface area (Å²) in [6, 6.07) is 20.2. The van der Waals surface area contributed by atoms with Crippen LogP contribution in [-0.2, 0) is 31.6 Å². The lowest BCUT2D eigenvalue weighted by Gasteiger charge is -2.61. The zero-order valence-electron chi connectivity index (χ0n) is 24.2. The van der Waals surface area contributed by atoms with Gasteiger partial charge in [-0.25, -0.2) is 4.89 Å². The van der Waals surface area contributed by atoms with E-state index in [2.05, 4.69) is 58.9 Å². The van der Waals surface area contributed by atoms with Crippen molar-refractivity contribution in [1.82, 2.24) is 0 Å². The van der Waals surface area contributed by atoms with E-state index in [-0.39, 0.29) is 16.6 Å². The number of hydrogen-bond donors (Lipinski definition) is 1. The SMILES string of the molecule is CC1(C)OCc2cc3ccccc3c(-c3c(O)cc(C45OCC(C)(C)C4(C(C)(C)C)OO5)c4ccccc34)c2O1. The van der Waals surface area contributed by atoms with Crippen molar-refractivity contribution in [2.75, 3.05) is 6.61 Å². The van der Waals surface area contributed by atoms with Crippen LogP contribution in [0.15, 0.2) is 60.7 Å². The van der Waals surface area contributed by atoms with E-state index in [0.29, 0.717) is 18.8 Å². The molecule has 3 heterocycles. The first-order valence-electron chi connectivity index (χ1n) is 14.0. The van der Waals surface area contributed by atoms with E-state index in [1.54, 1.807) is 6.07 Å². The van der Waals surface area contributed by atoms with E-state index in [1.165, 1.54) is 0 Å². The second-order valence-electron chi connectivity index (χ2n) is 13.5. The number of aromatic hydroxyl groups is 1. The Balaban J connectivity index is 1.56. The van der Waals surface area contributed by atoms with Gasteiger partial charge in [0.2, 0.25) is 5.79 Å². The van der Waals surface area contributed by atoms with Crippen LogP contribution in [0.4, 0.5) is 0 Å². The van der Waals surface area contributed by atoms with Crippen molar-refractivity contribution in [2.45, 2.75) is 72.2 Å². The van der Waals surface area contributed by atoms with E-state index in [1.807, 2.05) is 44.2 Å². The number of phenols is 1. The first kappa shape index (κ1) is 25.8. The Kier molecular flexibility index (Phi) is 5.14. The maximum Gasteiger partial charge on any atom is 0.262 e. The molecule has 3 aliphatic rings. The normalized spacial score (nSPS) is 26.7. The average molecular weight is 541 g/mol. The van der Waals surface area contributed by atoms with Crippen LogP contribution in [0.25, 0.3) is 32.7 Å². The molecule has 2 fully saturated rings. The number of phenolic OH excluding ortho intramolecular Hbond substituents is 1. The van der Waals surface area contributed by atoms with Gasteiger partial charge in [-0.3, -0.25) is 0 Å². The summed E-state index contributed by atoms with van der Waals surface area (Å²) in [5.41, 5.74) is 1.83. The number of benzene rings is 4. The summed E-state index contributed by atoms with van der Waals surface area (Å²) in [4.78, 5) is 12.1. The van der Waals surface area contributed by atoms with Gasteiger partial charge in [0, 0.05) is 46.9 Å². The largest absolute Gasteiger partial charge is 0.507 e. The highest BCUT2D eigenvalue weighted by Crippen LogP contribution is 2.70. The summed E-state index contributed by atoms with van der Waals surface area (Å²) < 4.78 is 19.0. The van der Waals surface area contributed by atoms with Crippen molar-refractivity contribution in [1.29, 1.82) is 0 Å². The zero-order valence-corrected chi connectivity index (χ0v) is 24.2. The predicted molar refractivity (Wildman–Crippen MR) is 154 cm³/mol. The van der Waals surface area contributed by atoms with Gasteiger partial charge in [-0.2, -0.15) is 4.89 Å². The standard InChI is InChI=1S/C34H36O6/c1-30(2,3)34-31(4,5)19-37-33(34,39-40-34)25-17-26(35)27(24-15-11-10-14-23(24)25)28-22-13-9-8-12-20(22)16-21-18-36-32(6,7)38-29(21)28/h8-17,35H,18-19H2,1-7H3. The minimum Gasteiger partial charge on any atom is -0.507 e. The van der Waals surface area contributed by atoms with Crippen LogP contribution in [0.2, 0.25) is 0 Å². The van der Waals surface area contributed by atoms with Crippen molar-refractivity contribution >= 4 is 21.5 Å². The second kappa shape index (κ2) is 7.98. The Hall–Kier alpha value is -3.16. The summed E-state index contributed by atoms with van der Waals surface area (Å²) in [7, 11) is 0. The van der Waals surface area contributed by atoms with Crippen LogP contribution >= 0.6 is 0 Å². The van der Waals surface area contributed by atoms with Gasteiger partial charge in [0.15, 0.2) is 5.60 Å². The van der Waals surface area contributed by atoms with Gasteiger partial charge in [-0.15, -0.1) is 0 Å². The van der Waals surface area contributed by atoms with Gasteiger partial charge in [-0.05, 0) is 33.7 Å². The fourth-order valence-electron chi connectivity index (χ4n) is 7.50. The molecule has 0 radical (unpaired) electrons. The Morgan fingerprint density at radius 1 is 0.775 bits per heavy atom. The summed E-state index contributed by atoms with van der Waals surface area (Å²) in [5.74, 6) is -1.12. The molecule has 1 N–H and O–H groups in total. The molecule has 40 heavy (non-hydrogen) atoms. The molecule has 6 nitrogen and oxygen atoms in total. The minimum atomic E-state index is -1.17. The molecule has 0 bridgehead atoms. The van der Waals surface area contributed by atoms with Gasteiger partial charge < -0.3 is 19.3 Å². The lowest BCUT2D eigenvalue weighted by Crippen LogP contribution is -2.73. The van der Waals surface area contributed by atoms with Crippen molar-refractivity contribution in [3.05, 3.63) is 71.8 Å². The van der Waals surface area contributed by atoms with Gasteiger partial charge in [-0.1, -0.05) is 83.1 Å². The van der Waals surface area contributed by atoms with Crippen LogP contribution in [-0.4, -0.2) is 23.1 Å². The molecular weight excluding hydrogens is 504 g/mol. The quantitative estimate of drug-likeness (QED) is 0.260. The van der Waals surface area contributed by atoms with E-state index in [0.717, 1.165) is 44.0 Å². The third-order valence-corrected chi connectivity index (χ3v) is 9.02. The third-order valence-electron chi connectivity index (χ3n) is 9.02. The van der Waals surface area contributed by atoms with Crippen LogP contribution in [0, 0.1) is 10.8 Å². The minimum absolute atomic E-state index is 0.126. The molecule has 0 amide bonds. The van der Waals surface area contributed by atoms with Gasteiger partial charge in [0.1, 0.15) is 11.5 Å². The van der Waals surface area contributed by atoms with Crippen molar-refractivity contribution in [3.63, 3.8) is 0 Å². The first-order valence-corrected chi connectivity index (χ1v) is 14.0. The lowest BCUT2D eigenvalue weighted by atomic mass is 9.57. The second-order valence-corrected chi connectivity index (χ2v) is 13.5. The zero-order chi connectivity index (χ0) is 28.3. The maximum atomic E-state index is 12.0. The summed E-state index contributed by atoms with van der Waals surface area (Å²) >= 11 is 0. The van der Waals surface area contributed by atoms with Crippen LogP contribution in [0.5, 0.6) is 11.5 Å². The van der Waals surface area contributed by atoms with Crippen molar-refractivity contribution < 1.29 is 29.1 Å².